The van der Waals surface area contributed by atoms with E-state index in [9.17, 15) is 18.0 Å². The maximum Gasteiger partial charge on any atom is 0.435 e. The molecular formula is C22H21ClF3N3OS. The second-order valence-corrected chi connectivity index (χ2v) is 9.21. The number of carbonyl (C=O) groups is 1. The van der Waals surface area contributed by atoms with Gasteiger partial charge in [0.05, 0.1) is 10.9 Å². The van der Waals surface area contributed by atoms with Crippen molar-refractivity contribution in [3.8, 4) is 11.1 Å². The first kappa shape index (κ1) is 21.9. The fraction of sp³-hybridized carbons (Fsp3) is 0.364. The topological polar surface area (TPSA) is 38.1 Å². The molecule has 1 unspecified atom stereocenters. The first-order valence-electron chi connectivity index (χ1n) is 10.0. The highest BCUT2D eigenvalue weighted by Gasteiger charge is 2.39. The van der Waals surface area contributed by atoms with Crippen LogP contribution in [0.4, 0.5) is 13.2 Å². The highest BCUT2D eigenvalue weighted by molar-refractivity contribution is 7.16. The van der Waals surface area contributed by atoms with Crippen molar-refractivity contribution in [1.29, 1.82) is 0 Å². The van der Waals surface area contributed by atoms with Gasteiger partial charge in [0.25, 0.3) is 0 Å². The highest BCUT2D eigenvalue weighted by Crippen LogP contribution is 2.45. The van der Waals surface area contributed by atoms with E-state index in [4.69, 9.17) is 11.6 Å². The van der Waals surface area contributed by atoms with E-state index in [2.05, 4.69) is 5.10 Å². The van der Waals surface area contributed by atoms with Crippen LogP contribution >= 0.6 is 22.9 Å². The number of nitrogens with zero attached hydrogens (tertiary/aromatic N) is 3. The number of halogens is 4. The van der Waals surface area contributed by atoms with Crippen molar-refractivity contribution < 1.29 is 18.0 Å². The van der Waals surface area contributed by atoms with E-state index in [1.165, 1.54) is 22.2 Å². The minimum Gasteiger partial charge on any atom is -0.337 e. The number of fused-ring (bicyclic) bond motifs is 1. The largest absolute Gasteiger partial charge is 0.435 e. The van der Waals surface area contributed by atoms with Gasteiger partial charge in [-0.1, -0.05) is 42.8 Å². The molecule has 1 atom stereocenters. The maximum absolute atomic E-state index is 13.8. The molecule has 3 heterocycles. The Morgan fingerprint density at radius 2 is 1.97 bits per heavy atom. The van der Waals surface area contributed by atoms with Gasteiger partial charge in [-0.05, 0) is 29.7 Å². The number of alkyl halides is 3. The van der Waals surface area contributed by atoms with Gasteiger partial charge in [-0.3, -0.25) is 9.48 Å². The van der Waals surface area contributed by atoms with E-state index in [0.29, 0.717) is 36.0 Å². The summed E-state index contributed by atoms with van der Waals surface area (Å²) in [6.45, 7) is 4.75. The van der Waals surface area contributed by atoms with Crippen LogP contribution in [0.3, 0.4) is 0 Å². The van der Waals surface area contributed by atoms with Crippen LogP contribution in [-0.2, 0) is 24.1 Å². The van der Waals surface area contributed by atoms with Crippen LogP contribution in [-0.4, -0.2) is 27.1 Å². The maximum atomic E-state index is 13.8. The smallest absolute Gasteiger partial charge is 0.337 e. The van der Waals surface area contributed by atoms with Gasteiger partial charge in [-0.25, -0.2) is 0 Å². The normalized spacial score (nSPS) is 16.5. The van der Waals surface area contributed by atoms with Gasteiger partial charge in [0.1, 0.15) is 0 Å². The lowest BCUT2D eigenvalue weighted by atomic mass is 9.84. The molecule has 1 aliphatic heterocycles. The third-order valence-corrected chi connectivity index (χ3v) is 6.82. The number of hydrogen-bond donors (Lipinski definition) is 0. The average Bonchev–Trinajstić information content (AvgIpc) is 3.35. The SMILES string of the molecule is CCC(=O)N1Cc2sc(Cl)cc2C(c2ccccc2-c2cn(CC)nc2C(F)(F)F)C1. The average molecular weight is 468 g/mol. The fourth-order valence-corrected chi connectivity index (χ4v) is 5.46. The van der Waals surface area contributed by atoms with Crippen LogP contribution in [0.2, 0.25) is 4.34 Å². The van der Waals surface area contributed by atoms with Crippen molar-refractivity contribution in [2.45, 2.75) is 45.5 Å². The van der Waals surface area contributed by atoms with Crippen LogP contribution in [0.15, 0.2) is 36.5 Å². The first-order valence-corrected chi connectivity index (χ1v) is 11.2. The Labute approximate surface area is 187 Å². The lowest BCUT2D eigenvalue weighted by molar-refractivity contribution is -0.141. The zero-order valence-electron chi connectivity index (χ0n) is 17.0. The first-order chi connectivity index (χ1) is 14.7. The Morgan fingerprint density at radius 3 is 2.65 bits per heavy atom. The number of amides is 1. The van der Waals surface area contributed by atoms with E-state index in [-0.39, 0.29) is 17.4 Å². The number of benzene rings is 1. The van der Waals surface area contributed by atoms with Gasteiger partial charge in [-0.15, -0.1) is 11.3 Å². The van der Waals surface area contributed by atoms with E-state index in [1.54, 1.807) is 30.9 Å². The Kier molecular flexibility index (Phi) is 5.87. The molecule has 0 radical (unpaired) electrons. The van der Waals surface area contributed by atoms with Crippen molar-refractivity contribution in [2.75, 3.05) is 6.54 Å². The van der Waals surface area contributed by atoms with E-state index in [0.717, 1.165) is 16.0 Å². The number of thiophene rings is 1. The molecular weight excluding hydrogens is 447 g/mol. The summed E-state index contributed by atoms with van der Waals surface area (Å²) in [5.74, 6) is -0.266. The Bertz CT molecular complexity index is 1120. The Balaban J connectivity index is 1.88. The Morgan fingerprint density at radius 1 is 1.23 bits per heavy atom. The van der Waals surface area contributed by atoms with Crippen LogP contribution < -0.4 is 0 Å². The molecule has 0 aliphatic carbocycles. The summed E-state index contributed by atoms with van der Waals surface area (Å²) in [5.41, 5.74) is 1.32. The molecule has 3 aromatic rings. The van der Waals surface area contributed by atoms with Crippen LogP contribution in [0, 0.1) is 0 Å². The minimum absolute atomic E-state index is 0.00689. The molecule has 4 rings (SSSR count). The summed E-state index contributed by atoms with van der Waals surface area (Å²) in [5, 5.41) is 3.78. The minimum atomic E-state index is -4.57. The molecule has 1 amide bonds. The standard InChI is InChI=1S/C22H21ClF3N3OS/c1-3-20(30)28-10-16(15-9-19(23)31-18(15)12-28)13-7-5-6-8-14(13)17-11-29(4-2)27-21(17)22(24,25)26/h5-9,11,16H,3-4,10,12H2,1-2H3. The van der Waals surface area contributed by atoms with E-state index < -0.39 is 11.9 Å². The molecule has 4 nitrogen and oxygen atoms in total. The molecule has 0 spiro atoms. The summed E-state index contributed by atoms with van der Waals surface area (Å²) in [6, 6.07) is 8.93. The predicted molar refractivity (Wildman–Crippen MR) is 115 cm³/mol. The molecule has 2 aromatic heterocycles. The van der Waals surface area contributed by atoms with Gasteiger partial charge in [0.15, 0.2) is 5.69 Å². The van der Waals surface area contributed by atoms with Gasteiger partial charge < -0.3 is 4.90 Å². The summed E-state index contributed by atoms with van der Waals surface area (Å²) in [4.78, 5) is 15.2. The molecule has 0 saturated carbocycles. The van der Waals surface area contributed by atoms with Crippen molar-refractivity contribution in [2.24, 2.45) is 0 Å². The number of carbonyl (C=O) groups excluding carboxylic acids is 1. The second-order valence-electron chi connectivity index (χ2n) is 7.44. The van der Waals surface area contributed by atoms with Crippen molar-refractivity contribution in [3.05, 3.63) is 62.6 Å². The lowest BCUT2D eigenvalue weighted by Crippen LogP contribution is -2.37. The van der Waals surface area contributed by atoms with E-state index in [1.807, 2.05) is 18.2 Å². The molecule has 0 N–H and O–H groups in total. The zero-order chi connectivity index (χ0) is 22.3. The van der Waals surface area contributed by atoms with Crippen LogP contribution in [0.5, 0.6) is 0 Å². The summed E-state index contributed by atoms with van der Waals surface area (Å²) in [7, 11) is 0. The van der Waals surface area contributed by atoms with Gasteiger partial charge in [0.2, 0.25) is 5.91 Å². The monoisotopic (exact) mass is 467 g/mol. The molecule has 9 heteroatoms. The molecule has 0 saturated heterocycles. The summed E-state index contributed by atoms with van der Waals surface area (Å²) < 4.78 is 43.2. The van der Waals surface area contributed by atoms with Crippen molar-refractivity contribution in [3.63, 3.8) is 0 Å². The molecule has 164 valence electrons. The quantitative estimate of drug-likeness (QED) is 0.459. The summed E-state index contributed by atoms with van der Waals surface area (Å²) in [6.07, 6.45) is -2.76. The van der Waals surface area contributed by atoms with Gasteiger partial charge in [0, 0.05) is 42.1 Å². The molecule has 1 aliphatic rings. The van der Waals surface area contributed by atoms with Crippen molar-refractivity contribution >= 4 is 28.8 Å². The number of aromatic nitrogens is 2. The molecule has 0 fully saturated rings. The van der Waals surface area contributed by atoms with Crippen LogP contribution in [0.1, 0.15) is 47.9 Å². The fourth-order valence-electron chi connectivity index (χ4n) is 4.10. The zero-order valence-corrected chi connectivity index (χ0v) is 18.6. The number of hydrogen-bond acceptors (Lipinski definition) is 3. The third kappa shape index (κ3) is 4.11. The second kappa shape index (κ2) is 8.31. The molecule has 0 bridgehead atoms. The third-order valence-electron chi connectivity index (χ3n) is 5.56. The molecule has 1 aromatic carbocycles. The molecule has 31 heavy (non-hydrogen) atoms. The van der Waals surface area contributed by atoms with Gasteiger partial charge in [-0.2, -0.15) is 18.3 Å². The van der Waals surface area contributed by atoms with Crippen LogP contribution in [0.25, 0.3) is 11.1 Å². The highest BCUT2D eigenvalue weighted by atomic mass is 35.5. The summed E-state index contributed by atoms with van der Waals surface area (Å²) >= 11 is 7.69. The van der Waals surface area contributed by atoms with Gasteiger partial charge >= 0.3 is 6.18 Å². The van der Waals surface area contributed by atoms with E-state index >= 15 is 0 Å². The predicted octanol–water partition coefficient (Wildman–Crippen LogP) is 6.19. The number of rotatable bonds is 4. The Hall–Kier alpha value is -2.32. The lowest BCUT2D eigenvalue weighted by Gasteiger charge is -2.34. The number of aryl methyl sites for hydroxylation is 1. The van der Waals surface area contributed by atoms with Crippen molar-refractivity contribution in [1.82, 2.24) is 14.7 Å².